The molecule has 1 rings (SSSR count). The highest BCUT2D eigenvalue weighted by molar-refractivity contribution is 5.89. The van der Waals surface area contributed by atoms with E-state index >= 15 is 0 Å². The summed E-state index contributed by atoms with van der Waals surface area (Å²) < 4.78 is 5.15. The molecule has 1 atom stereocenters. The van der Waals surface area contributed by atoms with Gasteiger partial charge in [0.25, 0.3) is 0 Å². The van der Waals surface area contributed by atoms with Crippen LogP contribution in [0.5, 0.6) is 0 Å². The standard InChI is InChI=1S/C12H17NO2/c1-10(7-8-13)9-15-12(14)11-5-3-2-4-6-11/h2-6,10H,7-9,13H2,1H3. The molecule has 0 aromatic heterocycles. The minimum Gasteiger partial charge on any atom is -0.462 e. The highest BCUT2D eigenvalue weighted by Gasteiger charge is 2.08. The van der Waals surface area contributed by atoms with Gasteiger partial charge >= 0.3 is 5.97 Å². The smallest absolute Gasteiger partial charge is 0.338 e. The summed E-state index contributed by atoms with van der Waals surface area (Å²) in [6.07, 6.45) is 0.877. The van der Waals surface area contributed by atoms with Gasteiger partial charge in [-0.3, -0.25) is 0 Å². The molecular weight excluding hydrogens is 190 g/mol. The summed E-state index contributed by atoms with van der Waals surface area (Å²) in [5.41, 5.74) is 6.00. The molecule has 0 bridgehead atoms. The van der Waals surface area contributed by atoms with Crippen molar-refractivity contribution in [1.29, 1.82) is 0 Å². The number of rotatable bonds is 5. The van der Waals surface area contributed by atoms with Gasteiger partial charge in [-0.05, 0) is 31.0 Å². The van der Waals surface area contributed by atoms with Gasteiger partial charge in [-0.25, -0.2) is 4.79 Å². The van der Waals surface area contributed by atoms with Gasteiger partial charge in [-0.2, -0.15) is 0 Å². The van der Waals surface area contributed by atoms with Gasteiger partial charge in [-0.15, -0.1) is 0 Å². The summed E-state index contributed by atoms with van der Waals surface area (Å²) in [6.45, 7) is 3.08. The minimum atomic E-state index is -0.264. The number of hydrogen-bond acceptors (Lipinski definition) is 3. The SMILES string of the molecule is CC(CCN)COC(=O)c1ccccc1. The topological polar surface area (TPSA) is 52.3 Å². The first-order chi connectivity index (χ1) is 7.24. The fourth-order valence-electron chi connectivity index (χ4n) is 1.24. The van der Waals surface area contributed by atoms with Crippen molar-refractivity contribution in [2.75, 3.05) is 13.2 Å². The van der Waals surface area contributed by atoms with E-state index in [1.807, 2.05) is 25.1 Å². The Kier molecular flexibility index (Phi) is 4.84. The average molecular weight is 207 g/mol. The number of benzene rings is 1. The van der Waals surface area contributed by atoms with Crippen LogP contribution in [-0.2, 0) is 4.74 Å². The Balaban J connectivity index is 2.37. The number of hydrogen-bond donors (Lipinski definition) is 1. The highest BCUT2D eigenvalue weighted by Crippen LogP contribution is 2.05. The van der Waals surface area contributed by atoms with Crippen LogP contribution in [0, 0.1) is 5.92 Å². The van der Waals surface area contributed by atoms with Crippen LogP contribution in [0.25, 0.3) is 0 Å². The molecule has 0 aliphatic rings. The molecule has 1 aromatic rings. The number of carbonyl (C=O) groups is 1. The van der Waals surface area contributed by atoms with Gasteiger partial charge in [0.2, 0.25) is 0 Å². The third-order valence-electron chi connectivity index (χ3n) is 2.17. The molecule has 0 aliphatic carbocycles. The van der Waals surface area contributed by atoms with Crippen molar-refractivity contribution in [2.45, 2.75) is 13.3 Å². The summed E-state index contributed by atoms with van der Waals surface area (Å²) in [6, 6.07) is 9.00. The quantitative estimate of drug-likeness (QED) is 0.749. The van der Waals surface area contributed by atoms with Crippen LogP contribution < -0.4 is 5.73 Å². The van der Waals surface area contributed by atoms with Crippen LogP contribution in [0.1, 0.15) is 23.7 Å². The van der Waals surface area contributed by atoms with E-state index in [9.17, 15) is 4.79 Å². The first-order valence-electron chi connectivity index (χ1n) is 5.16. The van der Waals surface area contributed by atoms with Crippen LogP contribution in [-0.4, -0.2) is 19.1 Å². The lowest BCUT2D eigenvalue weighted by atomic mass is 10.1. The van der Waals surface area contributed by atoms with Crippen molar-refractivity contribution in [2.24, 2.45) is 11.7 Å². The maximum absolute atomic E-state index is 11.5. The van der Waals surface area contributed by atoms with Crippen molar-refractivity contribution in [3.63, 3.8) is 0 Å². The van der Waals surface area contributed by atoms with E-state index in [0.29, 0.717) is 24.6 Å². The molecule has 0 spiro atoms. The fourth-order valence-corrected chi connectivity index (χ4v) is 1.24. The molecule has 0 aliphatic heterocycles. The van der Waals surface area contributed by atoms with E-state index in [1.165, 1.54) is 0 Å². The number of esters is 1. The third-order valence-corrected chi connectivity index (χ3v) is 2.17. The van der Waals surface area contributed by atoms with Gasteiger partial charge in [0.15, 0.2) is 0 Å². The second-order valence-corrected chi connectivity index (χ2v) is 3.65. The molecule has 1 unspecified atom stereocenters. The number of carbonyl (C=O) groups excluding carboxylic acids is 1. The Labute approximate surface area is 90.2 Å². The summed E-state index contributed by atoms with van der Waals surface area (Å²) in [7, 11) is 0. The maximum atomic E-state index is 11.5. The zero-order chi connectivity index (χ0) is 11.1. The monoisotopic (exact) mass is 207 g/mol. The number of ether oxygens (including phenoxy) is 1. The largest absolute Gasteiger partial charge is 0.462 e. The van der Waals surface area contributed by atoms with E-state index in [1.54, 1.807) is 12.1 Å². The highest BCUT2D eigenvalue weighted by atomic mass is 16.5. The van der Waals surface area contributed by atoms with E-state index in [2.05, 4.69) is 0 Å². The molecule has 2 N–H and O–H groups in total. The fraction of sp³-hybridized carbons (Fsp3) is 0.417. The first kappa shape index (κ1) is 11.7. The molecular formula is C12H17NO2. The summed E-state index contributed by atoms with van der Waals surface area (Å²) >= 11 is 0. The van der Waals surface area contributed by atoms with E-state index in [0.717, 1.165) is 6.42 Å². The molecule has 0 radical (unpaired) electrons. The molecule has 0 heterocycles. The Morgan fingerprint density at radius 1 is 1.40 bits per heavy atom. The second kappa shape index (κ2) is 6.19. The Hall–Kier alpha value is -1.35. The molecule has 3 heteroatoms. The van der Waals surface area contributed by atoms with Gasteiger partial charge in [0.05, 0.1) is 12.2 Å². The first-order valence-corrected chi connectivity index (χ1v) is 5.16. The Bertz CT molecular complexity index is 298. The predicted molar refractivity (Wildman–Crippen MR) is 59.6 cm³/mol. The van der Waals surface area contributed by atoms with E-state index < -0.39 is 0 Å². The van der Waals surface area contributed by atoms with Gasteiger partial charge in [0.1, 0.15) is 0 Å². The van der Waals surface area contributed by atoms with Crippen LogP contribution in [0.2, 0.25) is 0 Å². The van der Waals surface area contributed by atoms with Crippen LogP contribution in [0.15, 0.2) is 30.3 Å². The molecule has 0 saturated heterocycles. The molecule has 15 heavy (non-hydrogen) atoms. The van der Waals surface area contributed by atoms with E-state index in [4.69, 9.17) is 10.5 Å². The minimum absolute atomic E-state index is 0.264. The lowest BCUT2D eigenvalue weighted by Gasteiger charge is -2.10. The van der Waals surface area contributed by atoms with Crippen LogP contribution in [0.3, 0.4) is 0 Å². The average Bonchev–Trinajstić information content (AvgIpc) is 2.27. The zero-order valence-electron chi connectivity index (χ0n) is 8.98. The lowest BCUT2D eigenvalue weighted by Crippen LogP contribution is -2.15. The van der Waals surface area contributed by atoms with Crippen LogP contribution >= 0.6 is 0 Å². The van der Waals surface area contributed by atoms with Crippen molar-refractivity contribution in [1.82, 2.24) is 0 Å². The molecule has 82 valence electrons. The Morgan fingerprint density at radius 3 is 2.67 bits per heavy atom. The maximum Gasteiger partial charge on any atom is 0.338 e. The summed E-state index contributed by atoms with van der Waals surface area (Å²) in [4.78, 5) is 11.5. The molecule has 3 nitrogen and oxygen atoms in total. The molecule has 1 aromatic carbocycles. The van der Waals surface area contributed by atoms with Gasteiger partial charge < -0.3 is 10.5 Å². The van der Waals surface area contributed by atoms with Crippen LogP contribution in [0.4, 0.5) is 0 Å². The van der Waals surface area contributed by atoms with Crippen molar-refractivity contribution < 1.29 is 9.53 Å². The number of nitrogens with two attached hydrogens (primary N) is 1. The summed E-state index contributed by atoms with van der Waals surface area (Å²) in [5, 5.41) is 0. The lowest BCUT2D eigenvalue weighted by molar-refractivity contribution is 0.0445. The molecule has 0 saturated carbocycles. The van der Waals surface area contributed by atoms with Crippen molar-refractivity contribution >= 4 is 5.97 Å². The second-order valence-electron chi connectivity index (χ2n) is 3.65. The van der Waals surface area contributed by atoms with E-state index in [-0.39, 0.29) is 5.97 Å². The predicted octanol–water partition coefficient (Wildman–Crippen LogP) is 1.83. The van der Waals surface area contributed by atoms with Gasteiger partial charge in [-0.1, -0.05) is 25.1 Å². The third kappa shape index (κ3) is 4.13. The van der Waals surface area contributed by atoms with Crippen molar-refractivity contribution in [3.05, 3.63) is 35.9 Å². The Morgan fingerprint density at radius 2 is 2.07 bits per heavy atom. The molecule has 0 fully saturated rings. The van der Waals surface area contributed by atoms with Crippen molar-refractivity contribution in [3.8, 4) is 0 Å². The summed E-state index contributed by atoms with van der Waals surface area (Å²) in [5.74, 6) is 0.0575. The van der Waals surface area contributed by atoms with Gasteiger partial charge in [0, 0.05) is 0 Å². The normalized spacial score (nSPS) is 12.1. The molecule has 0 amide bonds. The zero-order valence-corrected chi connectivity index (χ0v) is 8.98.